The van der Waals surface area contributed by atoms with Crippen LogP contribution in [0.3, 0.4) is 0 Å². The van der Waals surface area contributed by atoms with Gasteiger partial charge in [-0.25, -0.2) is 5.43 Å². The van der Waals surface area contributed by atoms with Crippen molar-refractivity contribution >= 4 is 28.1 Å². The van der Waals surface area contributed by atoms with E-state index in [4.69, 9.17) is 4.74 Å². The molecule has 0 spiro atoms. The minimum Gasteiger partial charge on any atom is -0.483 e. The first-order valence-corrected chi connectivity index (χ1v) is 8.15. The lowest BCUT2D eigenvalue weighted by molar-refractivity contribution is -0.123. The van der Waals surface area contributed by atoms with Crippen LogP contribution in [0.2, 0.25) is 0 Å². The Hall–Kier alpha value is -2.14. The van der Waals surface area contributed by atoms with Gasteiger partial charge in [-0.15, -0.1) is 0 Å². The first-order valence-electron chi connectivity index (χ1n) is 7.35. The van der Waals surface area contributed by atoms with Crippen LogP contribution in [-0.4, -0.2) is 18.7 Å². The van der Waals surface area contributed by atoms with Gasteiger partial charge < -0.3 is 4.74 Å². The summed E-state index contributed by atoms with van der Waals surface area (Å²) in [6.45, 7) is 4.11. The maximum absolute atomic E-state index is 11.8. The second-order valence-electron chi connectivity index (χ2n) is 5.33. The predicted octanol–water partition coefficient (Wildman–Crippen LogP) is 4.10. The maximum Gasteiger partial charge on any atom is 0.277 e. The molecule has 0 saturated heterocycles. The molecule has 0 atom stereocenters. The molecule has 0 unspecified atom stereocenters. The molecule has 4 nitrogen and oxygen atoms in total. The van der Waals surface area contributed by atoms with Crippen molar-refractivity contribution in [3.8, 4) is 5.75 Å². The summed E-state index contributed by atoms with van der Waals surface area (Å²) in [5.74, 6) is 0.771. The minimum absolute atomic E-state index is 0.0699. The summed E-state index contributed by atoms with van der Waals surface area (Å²) < 4.78 is 6.55. The molecular weight excluding hydrogens is 356 g/mol. The number of ether oxygens (including phenoxy) is 1. The lowest BCUT2D eigenvalue weighted by Crippen LogP contribution is -2.24. The Labute approximate surface area is 144 Å². The molecule has 120 valence electrons. The highest BCUT2D eigenvalue weighted by Crippen LogP contribution is 2.25. The number of benzene rings is 2. The Morgan fingerprint density at radius 1 is 1.26 bits per heavy atom. The Morgan fingerprint density at radius 3 is 2.78 bits per heavy atom. The van der Waals surface area contributed by atoms with Gasteiger partial charge in [-0.2, -0.15) is 5.10 Å². The van der Waals surface area contributed by atoms with Crippen molar-refractivity contribution in [2.24, 2.45) is 5.10 Å². The van der Waals surface area contributed by atoms with Crippen LogP contribution in [0.5, 0.6) is 5.75 Å². The van der Waals surface area contributed by atoms with E-state index in [1.54, 1.807) is 6.21 Å². The molecular formula is C18H19BrN2O2. The Kier molecular flexibility index (Phi) is 6.35. The summed E-state index contributed by atoms with van der Waals surface area (Å²) in [6, 6.07) is 15.4. The van der Waals surface area contributed by atoms with Crippen molar-refractivity contribution in [3.05, 3.63) is 64.1 Å². The number of hydrogen-bond acceptors (Lipinski definition) is 3. The molecule has 1 amide bonds. The average molecular weight is 375 g/mol. The first kappa shape index (κ1) is 17.2. The number of amides is 1. The molecule has 0 fully saturated rings. The number of para-hydroxylation sites is 1. The third-order valence-electron chi connectivity index (χ3n) is 3.15. The average Bonchev–Trinajstić information content (AvgIpc) is 2.53. The van der Waals surface area contributed by atoms with Crippen molar-refractivity contribution in [1.82, 2.24) is 5.43 Å². The van der Waals surface area contributed by atoms with E-state index >= 15 is 0 Å². The van der Waals surface area contributed by atoms with E-state index in [9.17, 15) is 4.79 Å². The molecule has 0 heterocycles. The van der Waals surface area contributed by atoms with E-state index in [1.165, 1.54) is 0 Å². The molecule has 23 heavy (non-hydrogen) atoms. The van der Waals surface area contributed by atoms with Crippen molar-refractivity contribution in [2.75, 3.05) is 6.61 Å². The molecule has 0 saturated carbocycles. The normalized spacial score (nSPS) is 11.0. The Bertz CT molecular complexity index is 699. The van der Waals surface area contributed by atoms with Gasteiger partial charge in [-0.1, -0.05) is 60.1 Å². The summed E-state index contributed by atoms with van der Waals surface area (Å²) in [4.78, 5) is 11.8. The van der Waals surface area contributed by atoms with Gasteiger partial charge in [0.05, 0.1) is 6.21 Å². The third kappa shape index (κ3) is 5.53. The standard InChI is InChI=1S/C18H19BrN2O2/c1-13(2)16-8-3-4-9-17(16)23-12-18(22)21-20-11-14-6-5-7-15(19)10-14/h3-11,13H,12H2,1-2H3,(H,21,22)/b20-11+. The molecule has 0 aromatic heterocycles. The second kappa shape index (κ2) is 8.48. The first-order chi connectivity index (χ1) is 11.1. The van der Waals surface area contributed by atoms with Crippen LogP contribution in [-0.2, 0) is 4.79 Å². The van der Waals surface area contributed by atoms with Gasteiger partial charge >= 0.3 is 0 Å². The van der Waals surface area contributed by atoms with Crippen LogP contribution in [0.15, 0.2) is 58.1 Å². The van der Waals surface area contributed by atoms with Crippen LogP contribution >= 0.6 is 15.9 Å². The summed E-state index contributed by atoms with van der Waals surface area (Å²) >= 11 is 3.38. The van der Waals surface area contributed by atoms with Crippen molar-refractivity contribution in [1.29, 1.82) is 0 Å². The van der Waals surface area contributed by atoms with Crippen LogP contribution in [0, 0.1) is 0 Å². The SMILES string of the molecule is CC(C)c1ccccc1OCC(=O)N/N=C/c1cccc(Br)c1. The van der Waals surface area contributed by atoms with Gasteiger partial charge in [-0.05, 0) is 35.2 Å². The topological polar surface area (TPSA) is 50.7 Å². The van der Waals surface area contributed by atoms with E-state index in [-0.39, 0.29) is 12.5 Å². The number of rotatable bonds is 6. The van der Waals surface area contributed by atoms with E-state index in [0.29, 0.717) is 5.92 Å². The smallest absolute Gasteiger partial charge is 0.277 e. The summed E-state index contributed by atoms with van der Waals surface area (Å²) in [6.07, 6.45) is 1.59. The molecule has 0 aliphatic carbocycles. The predicted molar refractivity (Wildman–Crippen MR) is 95.9 cm³/mol. The Morgan fingerprint density at radius 2 is 2.04 bits per heavy atom. The second-order valence-corrected chi connectivity index (χ2v) is 6.25. The molecule has 1 N–H and O–H groups in total. The number of nitrogens with one attached hydrogen (secondary N) is 1. The largest absolute Gasteiger partial charge is 0.483 e. The molecule has 2 rings (SSSR count). The van der Waals surface area contributed by atoms with Gasteiger partial charge in [0.25, 0.3) is 5.91 Å². The highest BCUT2D eigenvalue weighted by atomic mass is 79.9. The van der Waals surface area contributed by atoms with Crippen LogP contribution in [0.4, 0.5) is 0 Å². The van der Waals surface area contributed by atoms with Crippen molar-refractivity contribution in [2.45, 2.75) is 19.8 Å². The summed E-state index contributed by atoms with van der Waals surface area (Å²) in [5, 5.41) is 3.93. The van der Waals surface area contributed by atoms with Crippen LogP contribution < -0.4 is 10.2 Å². The van der Waals surface area contributed by atoms with Crippen LogP contribution in [0.25, 0.3) is 0 Å². The molecule has 2 aromatic carbocycles. The highest BCUT2D eigenvalue weighted by Gasteiger charge is 2.08. The van der Waals surface area contributed by atoms with Gasteiger partial charge in [-0.3, -0.25) is 4.79 Å². The van der Waals surface area contributed by atoms with E-state index in [0.717, 1.165) is 21.3 Å². The van der Waals surface area contributed by atoms with Crippen molar-refractivity contribution in [3.63, 3.8) is 0 Å². The molecule has 0 bridgehead atoms. The minimum atomic E-state index is -0.296. The number of hydrogen-bond donors (Lipinski definition) is 1. The zero-order valence-corrected chi connectivity index (χ0v) is 14.7. The zero-order valence-electron chi connectivity index (χ0n) is 13.1. The van der Waals surface area contributed by atoms with E-state index in [2.05, 4.69) is 40.3 Å². The Balaban J connectivity index is 1.86. The van der Waals surface area contributed by atoms with E-state index in [1.807, 2.05) is 48.5 Å². The molecule has 0 aliphatic heterocycles. The summed E-state index contributed by atoms with van der Waals surface area (Å²) in [5.41, 5.74) is 4.44. The number of halogens is 1. The quantitative estimate of drug-likeness (QED) is 0.611. The third-order valence-corrected chi connectivity index (χ3v) is 3.64. The zero-order chi connectivity index (χ0) is 16.7. The van der Waals surface area contributed by atoms with Crippen LogP contribution in [0.1, 0.15) is 30.9 Å². The summed E-state index contributed by atoms with van der Waals surface area (Å²) in [7, 11) is 0. The van der Waals surface area contributed by atoms with Gasteiger partial charge in [0.1, 0.15) is 5.75 Å². The fourth-order valence-electron chi connectivity index (χ4n) is 2.03. The molecule has 5 heteroatoms. The van der Waals surface area contributed by atoms with Gasteiger partial charge in [0.15, 0.2) is 6.61 Å². The fourth-order valence-corrected chi connectivity index (χ4v) is 2.45. The number of carbonyl (C=O) groups excluding carboxylic acids is 1. The highest BCUT2D eigenvalue weighted by molar-refractivity contribution is 9.10. The monoisotopic (exact) mass is 374 g/mol. The molecule has 0 radical (unpaired) electrons. The fraction of sp³-hybridized carbons (Fsp3) is 0.222. The molecule has 2 aromatic rings. The lowest BCUT2D eigenvalue weighted by Gasteiger charge is -2.12. The van der Waals surface area contributed by atoms with Gasteiger partial charge in [0, 0.05) is 4.47 Å². The number of nitrogens with zero attached hydrogens (tertiary/aromatic N) is 1. The van der Waals surface area contributed by atoms with Crippen molar-refractivity contribution < 1.29 is 9.53 Å². The molecule has 0 aliphatic rings. The maximum atomic E-state index is 11.8. The number of hydrazone groups is 1. The lowest BCUT2D eigenvalue weighted by atomic mass is 10.0. The number of carbonyl (C=O) groups is 1. The van der Waals surface area contributed by atoms with E-state index < -0.39 is 0 Å². The van der Waals surface area contributed by atoms with Gasteiger partial charge in [0.2, 0.25) is 0 Å².